The Morgan fingerprint density at radius 1 is 1.15 bits per heavy atom. The summed E-state index contributed by atoms with van der Waals surface area (Å²) in [6, 6.07) is 8.75. The molecule has 0 bridgehead atoms. The van der Waals surface area contributed by atoms with Crippen molar-refractivity contribution in [3.63, 3.8) is 0 Å². The molecule has 2 aromatic carbocycles. The van der Waals surface area contributed by atoms with E-state index in [0.29, 0.717) is 11.3 Å². The lowest BCUT2D eigenvalue weighted by Gasteiger charge is -2.18. The van der Waals surface area contributed by atoms with Crippen LogP contribution >= 0.6 is 15.9 Å². The summed E-state index contributed by atoms with van der Waals surface area (Å²) in [6.45, 7) is 1.80. The van der Waals surface area contributed by atoms with Gasteiger partial charge in [-0.1, -0.05) is 22.0 Å². The molecule has 0 aliphatic carbocycles. The van der Waals surface area contributed by atoms with Crippen LogP contribution < -0.4 is 10.1 Å². The normalized spacial score (nSPS) is 12.1. The second kappa shape index (κ2) is 6.22. The Balaban J connectivity index is 2.27. The summed E-state index contributed by atoms with van der Waals surface area (Å²) in [5.74, 6) is -0.500. The number of halogens is 3. The van der Waals surface area contributed by atoms with Gasteiger partial charge in [0.05, 0.1) is 18.8 Å². The number of anilines is 1. The van der Waals surface area contributed by atoms with Crippen molar-refractivity contribution >= 4 is 21.6 Å². The van der Waals surface area contributed by atoms with E-state index in [4.69, 9.17) is 4.74 Å². The molecule has 0 heterocycles. The number of benzene rings is 2. The predicted molar refractivity (Wildman–Crippen MR) is 79.1 cm³/mol. The standard InChI is InChI=1S/C15H14BrF2NO/c1-9(12-5-4-11(17)8-13(12)18)19-14-7-10(16)3-6-15(14)20-2/h3-9,19H,1-2H3. The highest BCUT2D eigenvalue weighted by Gasteiger charge is 2.13. The summed E-state index contributed by atoms with van der Waals surface area (Å²) in [5.41, 5.74) is 1.13. The van der Waals surface area contributed by atoms with Gasteiger partial charge in [0.1, 0.15) is 17.4 Å². The topological polar surface area (TPSA) is 21.3 Å². The van der Waals surface area contributed by atoms with Crippen LogP contribution in [0.2, 0.25) is 0 Å². The molecule has 0 amide bonds. The fraction of sp³-hybridized carbons (Fsp3) is 0.200. The minimum atomic E-state index is -0.585. The van der Waals surface area contributed by atoms with E-state index in [0.717, 1.165) is 16.2 Å². The lowest BCUT2D eigenvalue weighted by atomic mass is 10.1. The van der Waals surface area contributed by atoms with Crippen LogP contribution in [0, 0.1) is 11.6 Å². The fourth-order valence-electron chi connectivity index (χ4n) is 1.96. The third-order valence-electron chi connectivity index (χ3n) is 2.96. The van der Waals surface area contributed by atoms with Crippen molar-refractivity contribution in [1.29, 1.82) is 0 Å². The molecule has 2 aromatic rings. The SMILES string of the molecule is COc1ccc(Br)cc1NC(C)c1ccc(F)cc1F. The molecule has 0 fully saturated rings. The first-order chi connectivity index (χ1) is 9.51. The van der Waals surface area contributed by atoms with Gasteiger partial charge in [0.25, 0.3) is 0 Å². The van der Waals surface area contributed by atoms with Gasteiger partial charge in [-0.2, -0.15) is 0 Å². The molecule has 0 saturated carbocycles. The summed E-state index contributed by atoms with van der Waals surface area (Å²) in [5, 5.41) is 3.16. The maximum absolute atomic E-state index is 13.7. The predicted octanol–water partition coefficient (Wildman–Crippen LogP) is 4.91. The van der Waals surface area contributed by atoms with Gasteiger partial charge in [-0.3, -0.25) is 0 Å². The van der Waals surface area contributed by atoms with Crippen LogP contribution in [0.3, 0.4) is 0 Å². The van der Waals surface area contributed by atoms with Crippen LogP contribution in [-0.4, -0.2) is 7.11 Å². The zero-order valence-electron chi connectivity index (χ0n) is 11.1. The van der Waals surface area contributed by atoms with Crippen LogP contribution in [-0.2, 0) is 0 Å². The summed E-state index contributed by atoms with van der Waals surface area (Å²) in [7, 11) is 1.57. The van der Waals surface area contributed by atoms with E-state index < -0.39 is 11.6 Å². The third-order valence-corrected chi connectivity index (χ3v) is 3.46. The van der Waals surface area contributed by atoms with Gasteiger partial charge in [0, 0.05) is 16.1 Å². The largest absolute Gasteiger partial charge is 0.495 e. The minimum Gasteiger partial charge on any atom is -0.495 e. The molecule has 2 nitrogen and oxygen atoms in total. The van der Waals surface area contributed by atoms with Gasteiger partial charge in [-0.05, 0) is 31.2 Å². The van der Waals surface area contributed by atoms with Crippen molar-refractivity contribution in [3.8, 4) is 5.75 Å². The number of hydrogen-bond donors (Lipinski definition) is 1. The molecular formula is C15H14BrF2NO. The molecule has 0 spiro atoms. The number of ether oxygens (including phenoxy) is 1. The first kappa shape index (κ1) is 14.8. The van der Waals surface area contributed by atoms with Gasteiger partial charge < -0.3 is 10.1 Å². The van der Waals surface area contributed by atoms with Crippen LogP contribution in [0.15, 0.2) is 40.9 Å². The zero-order valence-corrected chi connectivity index (χ0v) is 12.7. The molecule has 1 atom stereocenters. The van der Waals surface area contributed by atoms with E-state index in [1.165, 1.54) is 12.1 Å². The van der Waals surface area contributed by atoms with E-state index in [1.807, 2.05) is 12.1 Å². The van der Waals surface area contributed by atoms with E-state index in [9.17, 15) is 8.78 Å². The van der Waals surface area contributed by atoms with E-state index in [2.05, 4.69) is 21.2 Å². The van der Waals surface area contributed by atoms with Gasteiger partial charge >= 0.3 is 0 Å². The molecule has 20 heavy (non-hydrogen) atoms. The molecule has 0 aliphatic rings. The molecule has 0 saturated heterocycles. The number of methoxy groups -OCH3 is 1. The Hall–Kier alpha value is -1.62. The molecule has 2 rings (SSSR count). The van der Waals surface area contributed by atoms with E-state index >= 15 is 0 Å². The summed E-state index contributed by atoms with van der Waals surface area (Å²) >= 11 is 3.38. The van der Waals surface area contributed by atoms with Crippen LogP contribution in [0.1, 0.15) is 18.5 Å². The minimum absolute atomic E-state index is 0.321. The molecule has 0 radical (unpaired) electrons. The summed E-state index contributed by atoms with van der Waals surface area (Å²) in [6.07, 6.45) is 0. The van der Waals surface area contributed by atoms with Crippen molar-refractivity contribution in [2.24, 2.45) is 0 Å². The highest BCUT2D eigenvalue weighted by Crippen LogP contribution is 2.31. The van der Waals surface area contributed by atoms with Crippen molar-refractivity contribution in [2.75, 3.05) is 12.4 Å². The van der Waals surface area contributed by atoms with Gasteiger partial charge in [0.15, 0.2) is 0 Å². The number of nitrogens with one attached hydrogen (secondary N) is 1. The first-order valence-electron chi connectivity index (χ1n) is 6.06. The molecule has 1 unspecified atom stereocenters. The zero-order chi connectivity index (χ0) is 14.7. The molecule has 5 heteroatoms. The van der Waals surface area contributed by atoms with E-state index in [-0.39, 0.29) is 6.04 Å². The maximum Gasteiger partial charge on any atom is 0.142 e. The average Bonchev–Trinajstić information content (AvgIpc) is 2.38. The smallest absolute Gasteiger partial charge is 0.142 e. The Kier molecular flexibility index (Phi) is 4.60. The Labute approximate surface area is 124 Å². The van der Waals surface area contributed by atoms with Crippen LogP contribution in [0.4, 0.5) is 14.5 Å². The second-order valence-electron chi connectivity index (χ2n) is 4.38. The lowest BCUT2D eigenvalue weighted by Crippen LogP contribution is -2.09. The van der Waals surface area contributed by atoms with Gasteiger partial charge in [-0.15, -0.1) is 0 Å². The highest BCUT2D eigenvalue weighted by molar-refractivity contribution is 9.10. The van der Waals surface area contributed by atoms with Crippen molar-refractivity contribution in [3.05, 3.63) is 58.1 Å². The lowest BCUT2D eigenvalue weighted by molar-refractivity contribution is 0.416. The molecule has 0 aromatic heterocycles. The number of rotatable bonds is 4. The monoisotopic (exact) mass is 341 g/mol. The first-order valence-corrected chi connectivity index (χ1v) is 6.85. The third kappa shape index (κ3) is 3.28. The van der Waals surface area contributed by atoms with Crippen LogP contribution in [0.5, 0.6) is 5.75 Å². The second-order valence-corrected chi connectivity index (χ2v) is 5.29. The molecule has 106 valence electrons. The molecule has 1 N–H and O–H groups in total. The molecular weight excluding hydrogens is 328 g/mol. The Morgan fingerprint density at radius 3 is 2.55 bits per heavy atom. The van der Waals surface area contributed by atoms with Crippen molar-refractivity contribution < 1.29 is 13.5 Å². The van der Waals surface area contributed by atoms with Crippen molar-refractivity contribution in [2.45, 2.75) is 13.0 Å². The van der Waals surface area contributed by atoms with Crippen molar-refractivity contribution in [1.82, 2.24) is 0 Å². The summed E-state index contributed by atoms with van der Waals surface area (Å²) < 4.78 is 32.8. The van der Waals surface area contributed by atoms with Gasteiger partial charge in [0.2, 0.25) is 0 Å². The maximum atomic E-state index is 13.7. The summed E-state index contributed by atoms with van der Waals surface area (Å²) in [4.78, 5) is 0. The Bertz CT molecular complexity index is 619. The Morgan fingerprint density at radius 2 is 1.90 bits per heavy atom. The van der Waals surface area contributed by atoms with Gasteiger partial charge in [-0.25, -0.2) is 8.78 Å². The number of hydrogen-bond acceptors (Lipinski definition) is 2. The molecule has 0 aliphatic heterocycles. The van der Waals surface area contributed by atoms with Crippen LogP contribution in [0.25, 0.3) is 0 Å². The van der Waals surface area contributed by atoms with E-state index in [1.54, 1.807) is 20.1 Å². The fourth-order valence-corrected chi connectivity index (χ4v) is 2.32. The quantitative estimate of drug-likeness (QED) is 0.853. The average molecular weight is 342 g/mol. The highest BCUT2D eigenvalue weighted by atomic mass is 79.9.